The second-order valence-electron chi connectivity index (χ2n) is 4.70. The smallest absolute Gasteiger partial charge is 0.00438 e. The standard InChI is InChI=1S/C10H21N/c1-8(11)9-6-4-5-7-10(9,2)3/h8-9H,4-7,11H2,1-3H3. The minimum Gasteiger partial charge on any atom is -0.328 e. The first kappa shape index (κ1) is 9.05. The van der Waals surface area contributed by atoms with Crippen molar-refractivity contribution in [2.45, 2.75) is 52.5 Å². The maximum absolute atomic E-state index is 5.94. The summed E-state index contributed by atoms with van der Waals surface area (Å²) in [4.78, 5) is 0. The van der Waals surface area contributed by atoms with Gasteiger partial charge in [0.15, 0.2) is 0 Å². The maximum atomic E-state index is 5.94. The molecular weight excluding hydrogens is 134 g/mol. The highest BCUT2D eigenvalue weighted by atomic mass is 14.7. The zero-order chi connectivity index (χ0) is 8.48. The van der Waals surface area contributed by atoms with E-state index in [2.05, 4.69) is 20.8 Å². The second kappa shape index (κ2) is 3.14. The lowest BCUT2D eigenvalue weighted by atomic mass is 9.66. The third-order valence-electron chi connectivity index (χ3n) is 3.22. The van der Waals surface area contributed by atoms with Crippen LogP contribution in [0.4, 0.5) is 0 Å². The fourth-order valence-electron chi connectivity index (χ4n) is 2.50. The lowest BCUT2D eigenvalue weighted by Gasteiger charge is -2.40. The Kier molecular flexibility index (Phi) is 2.58. The molecule has 0 radical (unpaired) electrons. The van der Waals surface area contributed by atoms with E-state index in [1.807, 2.05) is 0 Å². The van der Waals surface area contributed by atoms with Crippen LogP contribution in [0.1, 0.15) is 46.5 Å². The highest BCUT2D eigenvalue weighted by molar-refractivity contribution is 4.86. The largest absolute Gasteiger partial charge is 0.328 e. The Labute approximate surface area is 70.4 Å². The van der Waals surface area contributed by atoms with Crippen LogP contribution in [0.25, 0.3) is 0 Å². The molecule has 0 heterocycles. The van der Waals surface area contributed by atoms with Gasteiger partial charge in [0.1, 0.15) is 0 Å². The van der Waals surface area contributed by atoms with E-state index in [1.54, 1.807) is 0 Å². The lowest BCUT2D eigenvalue weighted by Crippen LogP contribution is -2.39. The third-order valence-corrected chi connectivity index (χ3v) is 3.22. The van der Waals surface area contributed by atoms with Gasteiger partial charge < -0.3 is 5.73 Å². The summed E-state index contributed by atoms with van der Waals surface area (Å²) in [6.07, 6.45) is 5.48. The average molecular weight is 155 g/mol. The average Bonchev–Trinajstić information content (AvgIpc) is 1.85. The van der Waals surface area contributed by atoms with E-state index in [1.165, 1.54) is 25.7 Å². The van der Waals surface area contributed by atoms with Crippen LogP contribution >= 0.6 is 0 Å². The van der Waals surface area contributed by atoms with Gasteiger partial charge >= 0.3 is 0 Å². The van der Waals surface area contributed by atoms with Gasteiger partial charge in [-0.3, -0.25) is 0 Å². The molecule has 2 N–H and O–H groups in total. The molecule has 0 bridgehead atoms. The molecule has 0 amide bonds. The van der Waals surface area contributed by atoms with Crippen LogP contribution in [0.5, 0.6) is 0 Å². The third kappa shape index (κ3) is 1.96. The molecule has 2 atom stereocenters. The molecule has 0 saturated heterocycles. The minimum atomic E-state index is 0.380. The van der Waals surface area contributed by atoms with Gasteiger partial charge in [0, 0.05) is 6.04 Å². The van der Waals surface area contributed by atoms with Gasteiger partial charge in [-0.1, -0.05) is 26.7 Å². The number of nitrogens with two attached hydrogens (primary N) is 1. The Morgan fingerprint density at radius 3 is 2.36 bits per heavy atom. The molecular formula is C10H21N. The summed E-state index contributed by atoms with van der Waals surface area (Å²) in [7, 11) is 0. The Hall–Kier alpha value is -0.0400. The Bertz CT molecular complexity index is 127. The van der Waals surface area contributed by atoms with Crippen molar-refractivity contribution in [3.8, 4) is 0 Å². The van der Waals surface area contributed by atoms with Crippen LogP contribution in [0, 0.1) is 11.3 Å². The van der Waals surface area contributed by atoms with Crippen molar-refractivity contribution in [1.82, 2.24) is 0 Å². The lowest BCUT2D eigenvalue weighted by molar-refractivity contribution is 0.118. The van der Waals surface area contributed by atoms with Gasteiger partial charge in [0.25, 0.3) is 0 Å². The summed E-state index contributed by atoms with van der Waals surface area (Å²) in [6, 6.07) is 0.380. The molecule has 1 saturated carbocycles. The monoisotopic (exact) mass is 155 g/mol. The molecule has 0 aromatic heterocycles. The molecule has 1 fully saturated rings. The SMILES string of the molecule is CC(N)C1CCCCC1(C)C. The van der Waals surface area contributed by atoms with Gasteiger partial charge in [-0.2, -0.15) is 0 Å². The van der Waals surface area contributed by atoms with Crippen molar-refractivity contribution >= 4 is 0 Å². The highest BCUT2D eigenvalue weighted by Crippen LogP contribution is 2.41. The molecule has 66 valence electrons. The van der Waals surface area contributed by atoms with E-state index in [-0.39, 0.29) is 0 Å². The normalized spacial score (nSPS) is 33.3. The van der Waals surface area contributed by atoms with Gasteiger partial charge in [-0.05, 0) is 31.1 Å². The van der Waals surface area contributed by atoms with Crippen molar-refractivity contribution in [1.29, 1.82) is 0 Å². The van der Waals surface area contributed by atoms with Crippen LogP contribution < -0.4 is 5.73 Å². The molecule has 11 heavy (non-hydrogen) atoms. The Morgan fingerprint density at radius 2 is 2.00 bits per heavy atom. The van der Waals surface area contributed by atoms with Crippen LogP contribution in [-0.4, -0.2) is 6.04 Å². The molecule has 1 heteroatoms. The van der Waals surface area contributed by atoms with E-state index in [0.717, 1.165) is 5.92 Å². The number of hydrogen-bond donors (Lipinski definition) is 1. The van der Waals surface area contributed by atoms with E-state index in [4.69, 9.17) is 5.73 Å². The first-order chi connectivity index (χ1) is 5.04. The fraction of sp³-hybridized carbons (Fsp3) is 1.00. The molecule has 2 unspecified atom stereocenters. The van der Waals surface area contributed by atoms with Crippen molar-refractivity contribution in [3.63, 3.8) is 0 Å². The van der Waals surface area contributed by atoms with E-state index >= 15 is 0 Å². The van der Waals surface area contributed by atoms with Crippen LogP contribution in [0.2, 0.25) is 0 Å². The summed E-state index contributed by atoms with van der Waals surface area (Å²) in [5.74, 6) is 0.747. The summed E-state index contributed by atoms with van der Waals surface area (Å²) < 4.78 is 0. The van der Waals surface area contributed by atoms with Crippen LogP contribution in [-0.2, 0) is 0 Å². The van der Waals surface area contributed by atoms with E-state index in [9.17, 15) is 0 Å². The zero-order valence-electron chi connectivity index (χ0n) is 8.06. The molecule has 0 aromatic rings. The van der Waals surface area contributed by atoms with Gasteiger partial charge in [0.2, 0.25) is 0 Å². The molecule has 0 spiro atoms. The quantitative estimate of drug-likeness (QED) is 0.618. The number of rotatable bonds is 1. The maximum Gasteiger partial charge on any atom is 0.00438 e. The first-order valence-electron chi connectivity index (χ1n) is 4.79. The van der Waals surface area contributed by atoms with Gasteiger partial charge in [-0.25, -0.2) is 0 Å². The summed E-state index contributed by atoms with van der Waals surface area (Å²) in [5.41, 5.74) is 6.44. The highest BCUT2D eigenvalue weighted by Gasteiger charge is 2.33. The molecule has 1 nitrogen and oxygen atoms in total. The van der Waals surface area contributed by atoms with Crippen LogP contribution in [0.3, 0.4) is 0 Å². The fourth-order valence-corrected chi connectivity index (χ4v) is 2.50. The molecule has 0 aliphatic heterocycles. The summed E-state index contributed by atoms with van der Waals surface area (Å²) in [6.45, 7) is 6.87. The minimum absolute atomic E-state index is 0.380. The Balaban J connectivity index is 2.60. The van der Waals surface area contributed by atoms with Crippen molar-refractivity contribution in [2.75, 3.05) is 0 Å². The molecule has 1 aliphatic carbocycles. The zero-order valence-corrected chi connectivity index (χ0v) is 8.06. The van der Waals surface area contributed by atoms with Crippen molar-refractivity contribution in [2.24, 2.45) is 17.1 Å². The molecule has 1 aliphatic rings. The predicted octanol–water partition coefficient (Wildman–Crippen LogP) is 2.55. The topological polar surface area (TPSA) is 26.0 Å². The molecule has 0 aromatic carbocycles. The predicted molar refractivity (Wildman–Crippen MR) is 49.4 cm³/mol. The van der Waals surface area contributed by atoms with Gasteiger partial charge in [-0.15, -0.1) is 0 Å². The Morgan fingerprint density at radius 1 is 1.36 bits per heavy atom. The van der Waals surface area contributed by atoms with Crippen molar-refractivity contribution < 1.29 is 0 Å². The molecule has 1 rings (SSSR count). The summed E-state index contributed by atoms with van der Waals surface area (Å²) in [5, 5.41) is 0. The van der Waals surface area contributed by atoms with Crippen molar-refractivity contribution in [3.05, 3.63) is 0 Å². The first-order valence-corrected chi connectivity index (χ1v) is 4.79. The van der Waals surface area contributed by atoms with E-state index < -0.39 is 0 Å². The summed E-state index contributed by atoms with van der Waals surface area (Å²) >= 11 is 0. The number of hydrogen-bond acceptors (Lipinski definition) is 1. The van der Waals surface area contributed by atoms with Crippen LogP contribution in [0.15, 0.2) is 0 Å². The second-order valence-corrected chi connectivity index (χ2v) is 4.70. The van der Waals surface area contributed by atoms with Gasteiger partial charge in [0.05, 0.1) is 0 Å². The van der Waals surface area contributed by atoms with E-state index in [0.29, 0.717) is 11.5 Å².